The van der Waals surface area contributed by atoms with Crippen molar-refractivity contribution in [2.75, 3.05) is 18.5 Å². The number of anilines is 1. The van der Waals surface area contributed by atoms with Crippen molar-refractivity contribution in [2.45, 2.75) is 52.2 Å². The molecule has 3 heteroatoms. The highest BCUT2D eigenvalue weighted by atomic mass is 16.5. The van der Waals surface area contributed by atoms with Crippen molar-refractivity contribution in [3.63, 3.8) is 0 Å². The first kappa shape index (κ1) is 15.2. The van der Waals surface area contributed by atoms with Gasteiger partial charge in [0.15, 0.2) is 0 Å². The minimum Gasteiger partial charge on any atom is -0.493 e. The summed E-state index contributed by atoms with van der Waals surface area (Å²) >= 11 is 0. The van der Waals surface area contributed by atoms with Gasteiger partial charge in [-0.1, -0.05) is 19.9 Å². The zero-order valence-electron chi connectivity index (χ0n) is 13.1. The Labute approximate surface area is 122 Å². The summed E-state index contributed by atoms with van der Waals surface area (Å²) in [6, 6.07) is 8.72. The van der Waals surface area contributed by atoms with Gasteiger partial charge in [-0.05, 0) is 44.7 Å². The second-order valence-corrected chi connectivity index (χ2v) is 6.67. The third-order valence-electron chi connectivity index (χ3n) is 3.49. The van der Waals surface area contributed by atoms with Gasteiger partial charge in [-0.25, -0.2) is 0 Å². The Balaban J connectivity index is 1.93. The predicted octanol–water partition coefficient (Wildman–Crippen LogP) is 4.09. The molecule has 1 heterocycles. The average molecular weight is 277 g/mol. The van der Waals surface area contributed by atoms with Crippen molar-refractivity contribution in [1.82, 2.24) is 0 Å². The maximum absolute atomic E-state index is 5.77. The third-order valence-corrected chi connectivity index (χ3v) is 3.49. The Kier molecular flexibility index (Phi) is 4.92. The highest BCUT2D eigenvalue weighted by Gasteiger charge is 2.28. The van der Waals surface area contributed by atoms with Crippen molar-refractivity contribution in [2.24, 2.45) is 5.92 Å². The molecule has 1 aliphatic rings. The van der Waals surface area contributed by atoms with Gasteiger partial charge in [0.2, 0.25) is 0 Å². The normalized spacial score (nSPS) is 21.8. The van der Waals surface area contributed by atoms with Gasteiger partial charge in [0, 0.05) is 24.4 Å². The highest BCUT2D eigenvalue weighted by Crippen LogP contribution is 2.27. The molecule has 1 unspecified atom stereocenters. The predicted molar refractivity (Wildman–Crippen MR) is 83.5 cm³/mol. The lowest BCUT2D eigenvalue weighted by Gasteiger charge is -2.36. The fourth-order valence-electron chi connectivity index (χ4n) is 2.53. The van der Waals surface area contributed by atoms with E-state index in [4.69, 9.17) is 9.47 Å². The molecule has 20 heavy (non-hydrogen) atoms. The highest BCUT2D eigenvalue weighted by molar-refractivity contribution is 5.49. The molecule has 1 aromatic carbocycles. The molecule has 1 aromatic rings. The third kappa shape index (κ3) is 4.71. The van der Waals surface area contributed by atoms with Gasteiger partial charge in [0.1, 0.15) is 5.75 Å². The lowest BCUT2D eigenvalue weighted by molar-refractivity contribution is -0.0553. The topological polar surface area (TPSA) is 30.5 Å². The molecule has 1 N–H and O–H groups in total. The van der Waals surface area contributed by atoms with Crippen LogP contribution in [0.25, 0.3) is 0 Å². The van der Waals surface area contributed by atoms with Gasteiger partial charge in [-0.2, -0.15) is 0 Å². The van der Waals surface area contributed by atoms with Crippen LogP contribution in [0, 0.1) is 5.92 Å². The lowest BCUT2D eigenvalue weighted by atomic mass is 9.94. The van der Waals surface area contributed by atoms with E-state index in [1.54, 1.807) is 0 Å². The Bertz CT molecular complexity index is 429. The second kappa shape index (κ2) is 6.49. The zero-order valence-corrected chi connectivity index (χ0v) is 13.1. The van der Waals surface area contributed by atoms with E-state index in [-0.39, 0.29) is 5.60 Å². The molecule has 1 saturated heterocycles. The van der Waals surface area contributed by atoms with Crippen LogP contribution < -0.4 is 10.1 Å². The van der Waals surface area contributed by atoms with E-state index in [1.165, 1.54) is 0 Å². The van der Waals surface area contributed by atoms with Crippen LogP contribution >= 0.6 is 0 Å². The largest absolute Gasteiger partial charge is 0.493 e. The Morgan fingerprint density at radius 1 is 1.40 bits per heavy atom. The molecule has 1 atom stereocenters. The first-order chi connectivity index (χ1) is 9.44. The van der Waals surface area contributed by atoms with E-state index < -0.39 is 0 Å². The first-order valence-electron chi connectivity index (χ1n) is 7.58. The van der Waals surface area contributed by atoms with Crippen molar-refractivity contribution in [3.05, 3.63) is 24.3 Å². The molecular formula is C17H27NO2. The number of nitrogens with one attached hydrogen (secondary N) is 1. The van der Waals surface area contributed by atoms with E-state index in [2.05, 4.69) is 45.1 Å². The quantitative estimate of drug-likeness (QED) is 0.879. The van der Waals surface area contributed by atoms with Crippen LogP contribution in [-0.2, 0) is 4.74 Å². The van der Waals surface area contributed by atoms with E-state index in [9.17, 15) is 0 Å². The fraction of sp³-hybridized carbons (Fsp3) is 0.647. The Morgan fingerprint density at radius 2 is 2.20 bits per heavy atom. The first-order valence-corrected chi connectivity index (χ1v) is 7.58. The summed E-state index contributed by atoms with van der Waals surface area (Å²) in [4.78, 5) is 0. The summed E-state index contributed by atoms with van der Waals surface area (Å²) < 4.78 is 11.5. The number of benzene rings is 1. The molecule has 112 valence electrons. The summed E-state index contributed by atoms with van der Waals surface area (Å²) in [6.45, 7) is 10.2. The van der Waals surface area contributed by atoms with Gasteiger partial charge in [0.25, 0.3) is 0 Å². The molecule has 0 saturated carbocycles. The maximum Gasteiger partial charge on any atom is 0.121 e. The molecular weight excluding hydrogens is 250 g/mol. The summed E-state index contributed by atoms with van der Waals surface area (Å²) in [6.07, 6.45) is 2.09. The molecule has 0 radical (unpaired) electrons. The van der Waals surface area contributed by atoms with Crippen LogP contribution in [0.1, 0.15) is 40.5 Å². The van der Waals surface area contributed by atoms with Crippen LogP contribution in [0.3, 0.4) is 0 Å². The lowest BCUT2D eigenvalue weighted by Crippen LogP contribution is -2.40. The molecule has 0 aliphatic carbocycles. The van der Waals surface area contributed by atoms with Gasteiger partial charge < -0.3 is 14.8 Å². The van der Waals surface area contributed by atoms with Crippen molar-refractivity contribution in [3.8, 4) is 5.75 Å². The molecule has 1 aliphatic heterocycles. The van der Waals surface area contributed by atoms with Crippen LogP contribution in [-0.4, -0.2) is 24.9 Å². The van der Waals surface area contributed by atoms with E-state index in [0.29, 0.717) is 12.0 Å². The van der Waals surface area contributed by atoms with Gasteiger partial charge in [-0.15, -0.1) is 0 Å². The van der Waals surface area contributed by atoms with Crippen molar-refractivity contribution in [1.29, 1.82) is 0 Å². The summed E-state index contributed by atoms with van der Waals surface area (Å²) in [7, 11) is 0. The molecule has 0 bridgehead atoms. The molecule has 0 aromatic heterocycles. The molecule has 0 amide bonds. The molecule has 2 rings (SSSR count). The standard InChI is InChI=1S/C17H27NO2/c1-13(2)12-19-16-7-5-6-14(10-16)18-15-8-9-20-17(3,4)11-15/h5-7,10,13,15,18H,8-9,11-12H2,1-4H3. The van der Waals surface area contributed by atoms with Crippen molar-refractivity contribution >= 4 is 5.69 Å². The van der Waals surface area contributed by atoms with Crippen LogP contribution in [0.5, 0.6) is 5.75 Å². The average Bonchev–Trinajstić information content (AvgIpc) is 2.35. The SMILES string of the molecule is CC(C)COc1cccc(NC2CCOC(C)(C)C2)c1. The van der Waals surface area contributed by atoms with E-state index >= 15 is 0 Å². The summed E-state index contributed by atoms with van der Waals surface area (Å²) in [5.41, 5.74) is 1.11. The zero-order chi connectivity index (χ0) is 14.6. The maximum atomic E-state index is 5.77. The minimum absolute atomic E-state index is 0.0261. The number of ether oxygens (including phenoxy) is 2. The van der Waals surface area contributed by atoms with Gasteiger partial charge in [-0.3, -0.25) is 0 Å². The van der Waals surface area contributed by atoms with Crippen LogP contribution in [0.4, 0.5) is 5.69 Å². The monoisotopic (exact) mass is 277 g/mol. The molecule has 3 nitrogen and oxygen atoms in total. The summed E-state index contributed by atoms with van der Waals surface area (Å²) in [5, 5.41) is 3.60. The smallest absolute Gasteiger partial charge is 0.121 e. The number of hydrogen-bond acceptors (Lipinski definition) is 3. The van der Waals surface area contributed by atoms with Gasteiger partial charge in [0.05, 0.1) is 12.2 Å². The van der Waals surface area contributed by atoms with Crippen molar-refractivity contribution < 1.29 is 9.47 Å². The van der Waals surface area contributed by atoms with E-state index in [1.807, 2.05) is 12.1 Å². The van der Waals surface area contributed by atoms with Gasteiger partial charge >= 0.3 is 0 Å². The number of hydrogen-bond donors (Lipinski definition) is 1. The Hall–Kier alpha value is -1.22. The molecule has 0 spiro atoms. The minimum atomic E-state index is -0.0261. The fourth-order valence-corrected chi connectivity index (χ4v) is 2.53. The summed E-state index contributed by atoms with van der Waals surface area (Å²) in [5.74, 6) is 1.48. The number of rotatable bonds is 5. The molecule has 1 fully saturated rings. The Morgan fingerprint density at radius 3 is 2.90 bits per heavy atom. The van der Waals surface area contributed by atoms with E-state index in [0.717, 1.165) is 37.5 Å². The second-order valence-electron chi connectivity index (χ2n) is 6.67. The van der Waals surface area contributed by atoms with Crippen LogP contribution in [0.15, 0.2) is 24.3 Å². The van der Waals surface area contributed by atoms with Crippen LogP contribution in [0.2, 0.25) is 0 Å².